The fraction of sp³-hybridized carbons (Fsp3) is 0.200. The van der Waals surface area contributed by atoms with Crippen LogP contribution in [-0.4, -0.2) is 0 Å². The molecule has 0 aromatic heterocycles. The lowest BCUT2D eigenvalue weighted by Crippen LogP contribution is -0.576. The first-order chi connectivity index (χ1) is 2.83. The maximum atomic E-state index is 5.74. The molecular weight excluding hydrogens is 60.1 g/mol. The van der Waals surface area contributed by atoms with Crippen LogP contribution in [0.25, 0.3) is 0 Å². The van der Waals surface area contributed by atoms with Gasteiger partial charge >= 0.3 is 0 Å². The van der Waals surface area contributed by atoms with Crippen LogP contribution < -0.4 is 0 Å². The Labute approximate surface area is 37.0 Å². The fourth-order valence-electron chi connectivity index (χ4n) is 0. The van der Waals surface area contributed by atoms with E-state index in [1.54, 1.807) is 0 Å². The number of terminal acetylenes is 2. The Morgan fingerprint density at radius 1 is 1.20 bits per heavy atom. The number of hydrogen-bond donors (Lipinski definition) is 0. The first-order valence-corrected chi connectivity index (χ1v) is 0.577. The van der Waals surface area contributed by atoms with Gasteiger partial charge in [-0.25, -0.2) is 0 Å². The van der Waals surface area contributed by atoms with E-state index in [2.05, 4.69) is 12.8 Å². The van der Waals surface area contributed by atoms with Crippen molar-refractivity contribution in [2.24, 2.45) is 0 Å². The van der Waals surface area contributed by atoms with Crippen molar-refractivity contribution >= 4 is 0 Å². The predicted octanol–water partition coefficient (Wildman–Crippen LogP) is 1.13. The Kier molecular flexibility index (Phi) is 14.9. The van der Waals surface area contributed by atoms with Gasteiger partial charge in [-0.3, -0.25) is 0 Å². The summed E-state index contributed by atoms with van der Waals surface area (Å²) in [5.74, 6) is 0. The van der Waals surface area contributed by atoms with E-state index in [-0.39, 0.29) is 7.43 Å². The second-order valence-electron chi connectivity index (χ2n) is 0. The number of hydrogen-bond acceptors (Lipinski definition) is 0. The van der Waals surface area contributed by atoms with Gasteiger partial charge in [-0.05, 0) is 0 Å². The zero-order valence-electron chi connectivity index (χ0n) is 4.15. The molecule has 0 radical (unpaired) electrons. The Bertz CT molecular complexity index is 61.1. The van der Waals surface area contributed by atoms with Gasteiger partial charge in [0.15, 0.2) is 0 Å². The summed E-state index contributed by atoms with van der Waals surface area (Å²) in [4.78, 5) is 0. The standard InChI is InChI=1S/2C2H2.CH4/c2*1-2;/h2*1-2H;1H4/i2*1T;. The second kappa shape index (κ2) is 18.1. The van der Waals surface area contributed by atoms with Gasteiger partial charge in [-0.2, -0.15) is 0 Å². The van der Waals surface area contributed by atoms with Gasteiger partial charge < -0.3 is 0 Å². The zero-order valence-corrected chi connectivity index (χ0v) is 2.15. The molecule has 0 saturated heterocycles. The van der Waals surface area contributed by atoms with E-state index in [0.717, 1.165) is 0 Å². The van der Waals surface area contributed by atoms with Gasteiger partial charge in [-0.15, -0.1) is 25.6 Å². The van der Waals surface area contributed by atoms with Crippen molar-refractivity contribution in [2.75, 3.05) is 0 Å². The molecule has 0 N–H and O–H groups in total. The first kappa shape index (κ1) is 4.12. The average molecular weight is 72.1 g/mol. The molecule has 0 saturated carbocycles. The molecule has 0 aliphatic rings. The molecule has 0 rings (SSSR count). The Balaban J connectivity index is -0.0000000400. The van der Waals surface area contributed by atoms with Gasteiger partial charge in [-0.1, -0.05) is 7.43 Å². The third-order valence-electron chi connectivity index (χ3n) is 0. The SMILES string of the molecule is C.[3H]C#C.[3H]C#C. The molecule has 0 nitrogen and oxygen atoms in total. The molecule has 5 heavy (non-hydrogen) atoms. The summed E-state index contributed by atoms with van der Waals surface area (Å²) in [5.41, 5.74) is 0. The molecule has 0 aliphatic heterocycles. The van der Waals surface area contributed by atoms with Crippen molar-refractivity contribution in [3.05, 3.63) is 0 Å². The third kappa shape index (κ3) is 5.05. The Morgan fingerprint density at radius 3 is 1.20 bits per heavy atom. The number of rotatable bonds is 0. The summed E-state index contributed by atoms with van der Waals surface area (Å²) in [6.45, 7) is 0. The van der Waals surface area contributed by atoms with Crippen LogP contribution >= 0.6 is 0 Å². The van der Waals surface area contributed by atoms with Gasteiger partial charge in [0.25, 0.3) is 0 Å². The molecule has 0 atom stereocenters. The lowest BCUT2D eigenvalue weighted by molar-refractivity contribution is 2.50. The van der Waals surface area contributed by atoms with Crippen molar-refractivity contribution < 1.29 is 2.74 Å². The smallest absolute Gasteiger partial charge is 0.124 e. The molecular formula is C5H8. The largest absolute Gasteiger partial charge is 0.124 e. The van der Waals surface area contributed by atoms with Crippen LogP contribution in [0.5, 0.6) is 0 Å². The van der Waals surface area contributed by atoms with E-state index < -0.39 is 0 Å². The second-order valence-corrected chi connectivity index (χ2v) is 0. The topological polar surface area (TPSA) is 0 Å². The fourth-order valence-corrected chi connectivity index (χ4v) is 0. The highest BCUT2D eigenvalue weighted by molar-refractivity contribution is 4.47. The van der Waals surface area contributed by atoms with Crippen molar-refractivity contribution in [3.63, 3.8) is 0 Å². The Hall–Kier alpha value is -0.880. The van der Waals surface area contributed by atoms with E-state index >= 15 is 0 Å². The molecule has 0 amide bonds. The summed E-state index contributed by atoms with van der Waals surface area (Å²) in [7, 11) is 0. The highest BCUT2D eigenvalue weighted by atomic mass is 12.6. The van der Waals surface area contributed by atoms with Crippen molar-refractivity contribution in [1.29, 1.82) is 0 Å². The Morgan fingerprint density at radius 2 is 1.20 bits per heavy atom. The minimum Gasteiger partial charge on any atom is -0.124 e. The van der Waals surface area contributed by atoms with Crippen LogP contribution in [0.2, 0.25) is 0 Å². The van der Waals surface area contributed by atoms with Crippen LogP contribution in [0.15, 0.2) is 0 Å². The average Bonchev–Trinajstić information content (AvgIpc) is 1.39. The molecule has 28 valence electrons. The summed E-state index contributed by atoms with van der Waals surface area (Å²) in [6, 6.07) is 0. The molecule has 0 fully saturated rings. The lowest BCUT2D eigenvalue weighted by atomic mass is 11.4. The third-order valence-corrected chi connectivity index (χ3v) is 0. The van der Waals surface area contributed by atoms with Crippen molar-refractivity contribution in [3.8, 4) is 25.6 Å². The highest BCUT2D eigenvalue weighted by Crippen LogP contribution is 0.581. The minimum absolute atomic E-state index is 0. The summed E-state index contributed by atoms with van der Waals surface area (Å²) < 4.78 is 11.5. The quantitative estimate of drug-likeness (QED) is 0.376. The van der Waals surface area contributed by atoms with Crippen LogP contribution in [0.4, 0.5) is 0 Å². The molecule has 0 aromatic rings. The molecule has 0 bridgehead atoms. The zero-order chi connectivity index (χ0) is 5.41. The van der Waals surface area contributed by atoms with Gasteiger partial charge in [0.2, 0.25) is 0 Å². The summed E-state index contributed by atoms with van der Waals surface area (Å²) >= 11 is 0. The van der Waals surface area contributed by atoms with Crippen molar-refractivity contribution in [2.45, 2.75) is 7.43 Å². The molecule has 0 heteroatoms. The summed E-state index contributed by atoms with van der Waals surface area (Å²) in [6.07, 6.45) is 11.5. The maximum absolute atomic E-state index is 5.74. The molecule has 0 aromatic carbocycles. The van der Waals surface area contributed by atoms with Crippen molar-refractivity contribution in [1.82, 2.24) is 0 Å². The van der Waals surface area contributed by atoms with E-state index in [4.69, 9.17) is 2.74 Å². The normalized spacial score (nSPS) is 3.60. The van der Waals surface area contributed by atoms with E-state index in [9.17, 15) is 0 Å². The predicted molar refractivity (Wildman–Crippen MR) is 26.5 cm³/mol. The van der Waals surface area contributed by atoms with Crippen LogP contribution in [0, 0.1) is 25.6 Å². The van der Waals surface area contributed by atoms with E-state index in [0.29, 0.717) is 0 Å². The molecule has 0 aliphatic carbocycles. The monoisotopic (exact) mass is 72.1 g/mol. The first-order valence-electron chi connectivity index (χ1n) is 1.58. The minimum atomic E-state index is 0. The molecule has 0 heterocycles. The van der Waals surface area contributed by atoms with Crippen LogP contribution in [-0.2, 0) is 0 Å². The highest BCUT2D eigenvalue weighted by Gasteiger charge is 0.456. The van der Waals surface area contributed by atoms with Crippen LogP contribution in [0.3, 0.4) is 0 Å². The van der Waals surface area contributed by atoms with Gasteiger partial charge in [0, 0.05) is 0 Å². The van der Waals surface area contributed by atoms with E-state index in [1.807, 2.05) is 0 Å². The summed E-state index contributed by atoms with van der Waals surface area (Å²) in [5, 5.41) is 0. The maximum Gasteiger partial charge on any atom is 0.124 e. The van der Waals surface area contributed by atoms with Crippen LogP contribution in [0.1, 0.15) is 10.2 Å². The molecule has 0 spiro atoms. The lowest BCUT2D eigenvalue weighted by Gasteiger charge is -0.701. The van der Waals surface area contributed by atoms with E-state index in [1.165, 1.54) is 12.8 Å². The molecule has 0 unspecified atom stereocenters. The van der Waals surface area contributed by atoms with Gasteiger partial charge in [0.05, 0.1) is 0 Å². The van der Waals surface area contributed by atoms with Gasteiger partial charge in [0.1, 0.15) is 2.74 Å².